The van der Waals surface area contributed by atoms with Crippen molar-refractivity contribution in [2.45, 2.75) is 24.1 Å². The van der Waals surface area contributed by atoms with E-state index in [0.717, 1.165) is 28.2 Å². The fraction of sp³-hybridized carbons (Fsp3) is 0.167. The Balaban J connectivity index is 1.42. The van der Waals surface area contributed by atoms with Crippen LogP contribution in [0.2, 0.25) is 10.0 Å². The van der Waals surface area contributed by atoms with Gasteiger partial charge >= 0.3 is 0 Å². The molecule has 1 N–H and O–H groups in total. The van der Waals surface area contributed by atoms with E-state index in [9.17, 15) is 13.2 Å². The summed E-state index contributed by atoms with van der Waals surface area (Å²) in [5.74, 6) is 1.41. The van der Waals surface area contributed by atoms with Gasteiger partial charge in [0.1, 0.15) is 0 Å². The van der Waals surface area contributed by atoms with E-state index in [0.29, 0.717) is 27.8 Å². The maximum Gasteiger partial charge on any atom is 0.264 e. The zero-order valence-corrected chi connectivity index (χ0v) is 24.5. The second-order valence-electron chi connectivity index (χ2n) is 8.89. The molecule has 5 nitrogen and oxygen atoms in total. The topological polar surface area (TPSA) is 66.5 Å². The van der Waals surface area contributed by atoms with E-state index in [1.165, 1.54) is 4.31 Å². The molecule has 0 saturated carbocycles. The molecular formula is C30H28Cl2N2O3S2. The molecule has 0 aliphatic heterocycles. The Bertz CT molecular complexity index is 1530. The molecule has 0 radical (unpaired) electrons. The lowest BCUT2D eigenvalue weighted by molar-refractivity contribution is 0.0956. The molecular weight excluding hydrogens is 571 g/mol. The van der Waals surface area contributed by atoms with E-state index >= 15 is 0 Å². The fourth-order valence-electron chi connectivity index (χ4n) is 3.95. The third-order valence-electron chi connectivity index (χ3n) is 6.00. The van der Waals surface area contributed by atoms with Crippen molar-refractivity contribution in [3.63, 3.8) is 0 Å². The van der Waals surface area contributed by atoms with Gasteiger partial charge in [0, 0.05) is 33.7 Å². The molecule has 0 bridgehead atoms. The SMILES string of the molecule is Cc1ccc(Cl)cc1N(Cc1ccc(C(=O)NCCSCc2cccc(Cl)c2)cc1)S(=O)(=O)c1ccccc1. The summed E-state index contributed by atoms with van der Waals surface area (Å²) < 4.78 is 28.7. The molecule has 0 heterocycles. The van der Waals surface area contributed by atoms with Crippen molar-refractivity contribution in [2.75, 3.05) is 16.6 Å². The Morgan fingerprint density at radius 1 is 0.846 bits per heavy atom. The summed E-state index contributed by atoms with van der Waals surface area (Å²) in [6.45, 7) is 2.46. The summed E-state index contributed by atoms with van der Waals surface area (Å²) in [5, 5.41) is 4.10. The smallest absolute Gasteiger partial charge is 0.264 e. The standard InChI is InChI=1S/C30H28Cl2N2O3S2/c1-22-10-15-27(32)19-29(22)34(39(36,37)28-8-3-2-4-9-28)20-23-11-13-25(14-12-23)30(35)33-16-17-38-21-24-6-5-7-26(31)18-24/h2-15,18-19H,16-17,20-21H2,1H3,(H,33,35). The monoisotopic (exact) mass is 598 g/mol. The molecule has 0 aliphatic rings. The molecule has 4 aromatic rings. The predicted octanol–water partition coefficient (Wildman–Crippen LogP) is 7.36. The number of rotatable bonds is 11. The Kier molecular flexibility index (Phi) is 9.97. The minimum atomic E-state index is -3.87. The Hall–Kier alpha value is -2.97. The van der Waals surface area contributed by atoms with Crippen molar-refractivity contribution in [1.82, 2.24) is 5.32 Å². The number of halogens is 2. The maximum absolute atomic E-state index is 13.7. The van der Waals surface area contributed by atoms with Crippen molar-refractivity contribution < 1.29 is 13.2 Å². The third kappa shape index (κ3) is 7.79. The van der Waals surface area contributed by atoms with Gasteiger partial charge in [-0.25, -0.2) is 8.42 Å². The van der Waals surface area contributed by atoms with Crippen LogP contribution in [0.1, 0.15) is 27.0 Å². The molecule has 0 unspecified atom stereocenters. The number of carbonyl (C=O) groups excluding carboxylic acids is 1. The van der Waals surface area contributed by atoms with E-state index in [1.54, 1.807) is 84.6 Å². The summed E-state index contributed by atoms with van der Waals surface area (Å²) >= 11 is 14.0. The summed E-state index contributed by atoms with van der Waals surface area (Å²) in [7, 11) is -3.87. The van der Waals surface area contributed by atoms with Crippen LogP contribution in [0, 0.1) is 6.92 Å². The van der Waals surface area contributed by atoms with Gasteiger partial charge in [-0.2, -0.15) is 11.8 Å². The van der Waals surface area contributed by atoms with E-state index in [1.807, 2.05) is 31.2 Å². The number of nitrogens with one attached hydrogen (secondary N) is 1. The number of benzene rings is 4. The highest BCUT2D eigenvalue weighted by Crippen LogP contribution is 2.31. The van der Waals surface area contributed by atoms with Crippen LogP contribution in [0.25, 0.3) is 0 Å². The van der Waals surface area contributed by atoms with E-state index < -0.39 is 10.0 Å². The molecule has 9 heteroatoms. The first-order valence-corrected chi connectivity index (χ1v) is 15.6. The molecule has 39 heavy (non-hydrogen) atoms. The second kappa shape index (κ2) is 13.4. The Morgan fingerprint density at radius 3 is 2.28 bits per heavy atom. The molecule has 0 atom stereocenters. The van der Waals surface area contributed by atoms with E-state index in [-0.39, 0.29) is 17.3 Å². The van der Waals surface area contributed by atoms with Crippen molar-refractivity contribution in [2.24, 2.45) is 0 Å². The van der Waals surface area contributed by atoms with Gasteiger partial charge in [0.2, 0.25) is 0 Å². The molecule has 4 aromatic carbocycles. The highest BCUT2D eigenvalue weighted by molar-refractivity contribution is 7.98. The molecule has 0 fully saturated rings. The highest BCUT2D eigenvalue weighted by atomic mass is 35.5. The van der Waals surface area contributed by atoms with Crippen LogP contribution in [0.5, 0.6) is 0 Å². The summed E-state index contributed by atoms with van der Waals surface area (Å²) in [5.41, 5.74) is 3.68. The molecule has 202 valence electrons. The molecule has 0 aliphatic carbocycles. The number of thioether (sulfide) groups is 1. The number of anilines is 1. The van der Waals surface area contributed by atoms with Gasteiger partial charge in [0.25, 0.3) is 15.9 Å². The lowest BCUT2D eigenvalue weighted by atomic mass is 10.1. The van der Waals surface area contributed by atoms with Gasteiger partial charge in [-0.3, -0.25) is 9.10 Å². The predicted molar refractivity (Wildman–Crippen MR) is 162 cm³/mol. The van der Waals surface area contributed by atoms with Crippen LogP contribution < -0.4 is 9.62 Å². The van der Waals surface area contributed by atoms with Crippen LogP contribution in [0.3, 0.4) is 0 Å². The van der Waals surface area contributed by atoms with Gasteiger partial charge in [0.15, 0.2) is 0 Å². The number of hydrogen-bond donors (Lipinski definition) is 1. The van der Waals surface area contributed by atoms with Gasteiger partial charge in [-0.05, 0) is 72.1 Å². The lowest BCUT2D eigenvalue weighted by Gasteiger charge is -2.26. The van der Waals surface area contributed by atoms with Gasteiger partial charge in [0.05, 0.1) is 17.1 Å². The van der Waals surface area contributed by atoms with E-state index in [4.69, 9.17) is 23.2 Å². The normalized spacial score (nSPS) is 11.3. The molecule has 1 amide bonds. The summed E-state index contributed by atoms with van der Waals surface area (Å²) in [6, 6.07) is 28.2. The minimum Gasteiger partial charge on any atom is -0.351 e. The largest absolute Gasteiger partial charge is 0.351 e. The Labute approximate surface area is 244 Å². The zero-order chi connectivity index (χ0) is 27.8. The second-order valence-corrected chi connectivity index (χ2v) is 12.7. The number of hydrogen-bond acceptors (Lipinski definition) is 4. The van der Waals surface area contributed by atoms with Crippen LogP contribution in [-0.2, 0) is 22.3 Å². The molecule has 4 rings (SSSR count). The van der Waals surface area contributed by atoms with Crippen LogP contribution in [0.15, 0.2) is 102 Å². The first-order valence-electron chi connectivity index (χ1n) is 12.3. The average molecular weight is 600 g/mol. The lowest BCUT2D eigenvalue weighted by Crippen LogP contribution is -2.31. The van der Waals surface area contributed by atoms with Gasteiger partial charge < -0.3 is 5.32 Å². The van der Waals surface area contributed by atoms with Gasteiger partial charge in [-0.15, -0.1) is 0 Å². The van der Waals surface area contributed by atoms with E-state index in [2.05, 4.69) is 5.32 Å². The third-order valence-corrected chi connectivity index (χ3v) is 9.28. The fourth-order valence-corrected chi connectivity index (χ4v) is 6.67. The Morgan fingerprint density at radius 2 is 1.56 bits per heavy atom. The number of sulfonamides is 1. The maximum atomic E-state index is 13.7. The van der Waals surface area contributed by atoms with Crippen LogP contribution >= 0.6 is 35.0 Å². The van der Waals surface area contributed by atoms with Crippen molar-refractivity contribution >= 4 is 56.6 Å². The summed E-state index contributed by atoms with van der Waals surface area (Å²) in [6.07, 6.45) is 0. The molecule has 0 aromatic heterocycles. The number of amides is 1. The van der Waals surface area contributed by atoms with Crippen molar-refractivity contribution in [3.8, 4) is 0 Å². The summed E-state index contributed by atoms with van der Waals surface area (Å²) in [4.78, 5) is 12.8. The number of aryl methyl sites for hydroxylation is 1. The molecule has 0 saturated heterocycles. The first kappa shape index (κ1) is 29.0. The highest BCUT2D eigenvalue weighted by Gasteiger charge is 2.26. The average Bonchev–Trinajstić information content (AvgIpc) is 2.93. The minimum absolute atomic E-state index is 0.0838. The first-order chi connectivity index (χ1) is 18.7. The van der Waals surface area contributed by atoms with Crippen molar-refractivity contribution in [1.29, 1.82) is 0 Å². The molecule has 0 spiro atoms. The quantitative estimate of drug-likeness (QED) is 0.183. The van der Waals surface area contributed by atoms with Crippen LogP contribution in [0.4, 0.5) is 5.69 Å². The number of nitrogens with zero attached hydrogens (tertiary/aromatic N) is 1. The van der Waals surface area contributed by atoms with Gasteiger partial charge in [-0.1, -0.05) is 71.7 Å². The zero-order valence-electron chi connectivity index (χ0n) is 21.3. The number of carbonyl (C=O) groups is 1. The van der Waals surface area contributed by atoms with Crippen molar-refractivity contribution in [3.05, 3.63) is 129 Å². The van der Waals surface area contributed by atoms with Crippen LogP contribution in [-0.4, -0.2) is 26.6 Å².